The van der Waals surface area contributed by atoms with E-state index >= 15 is 0 Å². The molecule has 0 saturated heterocycles. The number of nitro benzene ring substituents is 1. The lowest BCUT2D eigenvalue weighted by atomic mass is 9.89. The first-order valence-corrected chi connectivity index (χ1v) is 6.70. The molecule has 1 rings (SSSR count). The molecule has 0 N–H and O–H groups in total. The summed E-state index contributed by atoms with van der Waals surface area (Å²) in [6.07, 6.45) is 1.56. The van der Waals surface area contributed by atoms with Crippen molar-refractivity contribution >= 4 is 21.6 Å². The summed E-state index contributed by atoms with van der Waals surface area (Å²) >= 11 is 3.61. The molecule has 0 bridgehead atoms. The van der Waals surface area contributed by atoms with Crippen LogP contribution in [0.2, 0.25) is 0 Å². The molecular weight excluding hydrogens is 301 g/mol. The topological polar surface area (TPSA) is 43.1 Å². The standard InChI is InChI=1S/C13H17BrFNO2/c1-13(2,3)12(14)7-5-9-4-6-11(16(17)18)10(15)8-9/h4,6,8,12H,5,7H2,1-3H3. The molecule has 1 aromatic carbocycles. The quantitative estimate of drug-likeness (QED) is 0.467. The van der Waals surface area contributed by atoms with Crippen LogP contribution < -0.4 is 0 Å². The van der Waals surface area contributed by atoms with E-state index in [0.29, 0.717) is 11.2 Å². The van der Waals surface area contributed by atoms with Crippen LogP contribution in [0.3, 0.4) is 0 Å². The van der Waals surface area contributed by atoms with Crippen LogP contribution in [0.1, 0.15) is 32.8 Å². The van der Waals surface area contributed by atoms with Gasteiger partial charge in [0.05, 0.1) is 4.92 Å². The van der Waals surface area contributed by atoms with Crippen LogP contribution in [0.25, 0.3) is 0 Å². The fourth-order valence-electron chi connectivity index (χ4n) is 1.58. The van der Waals surface area contributed by atoms with Crippen LogP contribution in [-0.4, -0.2) is 9.75 Å². The van der Waals surface area contributed by atoms with E-state index in [1.54, 1.807) is 6.07 Å². The minimum Gasteiger partial charge on any atom is -0.258 e. The number of rotatable bonds is 4. The van der Waals surface area contributed by atoms with Gasteiger partial charge in [0.25, 0.3) is 0 Å². The second-order valence-corrected chi connectivity index (χ2v) is 6.52. The van der Waals surface area contributed by atoms with Gasteiger partial charge >= 0.3 is 5.69 Å². The summed E-state index contributed by atoms with van der Waals surface area (Å²) < 4.78 is 13.4. The molecule has 0 spiro atoms. The summed E-state index contributed by atoms with van der Waals surface area (Å²) in [5.74, 6) is -0.764. The van der Waals surface area contributed by atoms with E-state index in [1.807, 2.05) is 0 Å². The lowest BCUT2D eigenvalue weighted by Gasteiger charge is -2.25. The molecule has 0 heterocycles. The van der Waals surface area contributed by atoms with Crippen molar-refractivity contribution in [1.29, 1.82) is 0 Å². The van der Waals surface area contributed by atoms with E-state index in [-0.39, 0.29) is 5.41 Å². The minimum absolute atomic E-state index is 0.138. The molecular formula is C13H17BrFNO2. The first-order chi connectivity index (χ1) is 8.21. The van der Waals surface area contributed by atoms with Gasteiger partial charge in [0, 0.05) is 10.9 Å². The molecule has 3 nitrogen and oxygen atoms in total. The SMILES string of the molecule is CC(C)(C)C(Br)CCc1ccc([N+](=O)[O-])c(F)c1. The predicted molar refractivity (Wildman–Crippen MR) is 73.5 cm³/mol. The predicted octanol–water partition coefficient (Wildman–Crippen LogP) is 4.48. The van der Waals surface area contributed by atoms with Crippen molar-refractivity contribution in [3.63, 3.8) is 0 Å². The summed E-state index contributed by atoms with van der Waals surface area (Å²) in [6, 6.07) is 4.09. The van der Waals surface area contributed by atoms with Crippen LogP contribution in [0.15, 0.2) is 18.2 Å². The molecule has 0 aromatic heterocycles. The van der Waals surface area contributed by atoms with E-state index in [1.165, 1.54) is 12.1 Å². The Morgan fingerprint density at radius 3 is 2.50 bits per heavy atom. The van der Waals surface area contributed by atoms with Crippen molar-refractivity contribution in [3.8, 4) is 0 Å². The van der Waals surface area contributed by atoms with Gasteiger partial charge in [0.15, 0.2) is 0 Å². The van der Waals surface area contributed by atoms with Crippen molar-refractivity contribution in [3.05, 3.63) is 39.7 Å². The number of nitrogens with zero attached hydrogens (tertiary/aromatic N) is 1. The molecule has 5 heteroatoms. The van der Waals surface area contributed by atoms with E-state index in [4.69, 9.17) is 0 Å². The average molecular weight is 318 g/mol. The number of hydrogen-bond acceptors (Lipinski definition) is 2. The summed E-state index contributed by atoms with van der Waals surface area (Å²) in [5.41, 5.74) is 0.455. The Morgan fingerprint density at radius 2 is 2.06 bits per heavy atom. The highest BCUT2D eigenvalue weighted by Crippen LogP contribution is 2.30. The minimum atomic E-state index is -0.764. The number of alkyl halides is 1. The average Bonchev–Trinajstić information content (AvgIpc) is 2.24. The van der Waals surface area contributed by atoms with Gasteiger partial charge in [-0.15, -0.1) is 0 Å². The van der Waals surface area contributed by atoms with E-state index in [9.17, 15) is 14.5 Å². The Hall–Kier alpha value is -0.970. The Balaban J connectivity index is 2.70. The van der Waals surface area contributed by atoms with E-state index in [0.717, 1.165) is 12.0 Å². The fourth-order valence-corrected chi connectivity index (χ4v) is 1.81. The van der Waals surface area contributed by atoms with Crippen molar-refractivity contribution in [1.82, 2.24) is 0 Å². The lowest BCUT2D eigenvalue weighted by molar-refractivity contribution is -0.387. The molecule has 0 aliphatic carbocycles. The fraction of sp³-hybridized carbons (Fsp3) is 0.538. The third-order valence-corrected chi connectivity index (χ3v) is 4.67. The van der Waals surface area contributed by atoms with Crippen LogP contribution in [0.4, 0.5) is 10.1 Å². The van der Waals surface area contributed by atoms with E-state index < -0.39 is 16.4 Å². The molecule has 0 aliphatic heterocycles. The van der Waals surface area contributed by atoms with Gasteiger partial charge in [-0.05, 0) is 29.9 Å². The maximum Gasteiger partial charge on any atom is 0.304 e. The molecule has 1 unspecified atom stereocenters. The second kappa shape index (κ2) is 5.78. The molecule has 1 atom stereocenters. The Labute approximate surface area is 115 Å². The zero-order valence-corrected chi connectivity index (χ0v) is 12.3. The lowest BCUT2D eigenvalue weighted by Crippen LogP contribution is -2.20. The van der Waals surface area contributed by atoms with Crippen molar-refractivity contribution in [2.24, 2.45) is 5.41 Å². The van der Waals surface area contributed by atoms with Gasteiger partial charge in [0.1, 0.15) is 0 Å². The third kappa shape index (κ3) is 4.05. The molecule has 100 valence electrons. The monoisotopic (exact) mass is 317 g/mol. The van der Waals surface area contributed by atoms with Crippen LogP contribution in [0, 0.1) is 21.3 Å². The Morgan fingerprint density at radius 1 is 1.44 bits per heavy atom. The molecule has 0 aliphatic rings. The molecule has 0 saturated carbocycles. The number of aryl methyl sites for hydroxylation is 1. The maximum absolute atomic E-state index is 13.4. The smallest absolute Gasteiger partial charge is 0.258 e. The van der Waals surface area contributed by atoms with Gasteiger partial charge in [-0.2, -0.15) is 4.39 Å². The molecule has 0 fully saturated rings. The first kappa shape index (κ1) is 15.1. The first-order valence-electron chi connectivity index (χ1n) is 5.78. The van der Waals surface area contributed by atoms with Crippen LogP contribution >= 0.6 is 15.9 Å². The maximum atomic E-state index is 13.4. The van der Waals surface area contributed by atoms with Crippen molar-refractivity contribution in [2.45, 2.75) is 38.4 Å². The van der Waals surface area contributed by atoms with E-state index in [2.05, 4.69) is 36.7 Å². The van der Waals surface area contributed by atoms with Gasteiger partial charge in [-0.1, -0.05) is 42.8 Å². The number of nitro groups is 1. The Kier molecular flexibility index (Phi) is 4.85. The van der Waals surface area contributed by atoms with Crippen molar-refractivity contribution in [2.75, 3.05) is 0 Å². The second-order valence-electron chi connectivity index (χ2n) is 5.42. The molecule has 1 aromatic rings. The number of halogens is 2. The van der Waals surface area contributed by atoms with Gasteiger partial charge in [0.2, 0.25) is 5.82 Å². The number of benzene rings is 1. The molecule has 18 heavy (non-hydrogen) atoms. The summed E-state index contributed by atoms with van der Waals surface area (Å²) in [7, 11) is 0. The zero-order chi connectivity index (χ0) is 13.9. The van der Waals surface area contributed by atoms with Gasteiger partial charge in [-0.25, -0.2) is 0 Å². The zero-order valence-electron chi connectivity index (χ0n) is 10.7. The number of hydrogen-bond donors (Lipinski definition) is 0. The largest absolute Gasteiger partial charge is 0.304 e. The highest BCUT2D eigenvalue weighted by atomic mass is 79.9. The van der Waals surface area contributed by atoms with Crippen LogP contribution in [0.5, 0.6) is 0 Å². The Bertz CT molecular complexity index is 443. The summed E-state index contributed by atoms with van der Waals surface area (Å²) in [4.78, 5) is 10.1. The van der Waals surface area contributed by atoms with Crippen LogP contribution in [-0.2, 0) is 6.42 Å². The highest BCUT2D eigenvalue weighted by molar-refractivity contribution is 9.09. The van der Waals surface area contributed by atoms with Crippen molar-refractivity contribution < 1.29 is 9.31 Å². The summed E-state index contributed by atoms with van der Waals surface area (Å²) in [6.45, 7) is 6.38. The highest BCUT2D eigenvalue weighted by Gasteiger charge is 2.21. The molecule has 0 amide bonds. The normalized spacial score (nSPS) is 13.4. The summed E-state index contributed by atoms with van der Waals surface area (Å²) in [5, 5.41) is 10.5. The third-order valence-electron chi connectivity index (χ3n) is 2.83. The van der Waals surface area contributed by atoms with Gasteiger partial charge < -0.3 is 0 Å². The van der Waals surface area contributed by atoms with Gasteiger partial charge in [-0.3, -0.25) is 10.1 Å². The molecule has 0 radical (unpaired) electrons.